The maximum atomic E-state index is 11.2. The van der Waals surface area contributed by atoms with Crippen LogP contribution in [0.5, 0.6) is 5.75 Å². The highest BCUT2D eigenvalue weighted by atomic mass is 16.6. The van der Waals surface area contributed by atoms with Crippen LogP contribution in [-0.2, 0) is 6.42 Å². The number of hydrogen-bond donors (Lipinski definition) is 0. The minimum Gasteiger partial charge on any atom is -0.496 e. The third-order valence-electron chi connectivity index (χ3n) is 2.92. The van der Waals surface area contributed by atoms with Crippen molar-refractivity contribution in [3.63, 3.8) is 0 Å². The Morgan fingerprint density at radius 3 is 2.45 bits per heavy atom. The number of ether oxygens (including phenoxy) is 1. The molecule has 2 aromatic carbocycles. The van der Waals surface area contributed by atoms with Gasteiger partial charge in [0.25, 0.3) is 5.70 Å². The van der Waals surface area contributed by atoms with E-state index in [-0.39, 0.29) is 17.0 Å². The first-order chi connectivity index (χ1) is 9.70. The van der Waals surface area contributed by atoms with E-state index in [0.717, 1.165) is 5.56 Å². The summed E-state index contributed by atoms with van der Waals surface area (Å²) in [5.41, 5.74) is 1.75. The van der Waals surface area contributed by atoms with Crippen molar-refractivity contribution in [3.8, 4) is 5.75 Å². The second-order valence-corrected chi connectivity index (χ2v) is 4.30. The molecule has 0 aliphatic rings. The lowest BCUT2D eigenvalue weighted by Gasteiger charge is -2.04. The van der Waals surface area contributed by atoms with Gasteiger partial charge in [0.1, 0.15) is 5.75 Å². The van der Waals surface area contributed by atoms with Gasteiger partial charge in [-0.3, -0.25) is 10.1 Å². The van der Waals surface area contributed by atoms with Crippen molar-refractivity contribution in [2.75, 3.05) is 7.11 Å². The summed E-state index contributed by atoms with van der Waals surface area (Å²) in [7, 11) is 1.55. The topological polar surface area (TPSA) is 52.4 Å². The molecule has 0 fully saturated rings. The maximum absolute atomic E-state index is 11.2. The number of hydrogen-bond acceptors (Lipinski definition) is 3. The van der Waals surface area contributed by atoms with Gasteiger partial charge >= 0.3 is 0 Å². The average Bonchev–Trinajstić information content (AvgIpc) is 2.48. The van der Waals surface area contributed by atoms with Crippen molar-refractivity contribution < 1.29 is 9.66 Å². The average molecular weight is 269 g/mol. The van der Waals surface area contributed by atoms with E-state index >= 15 is 0 Å². The summed E-state index contributed by atoms with van der Waals surface area (Å²) in [5, 5.41) is 11.2. The van der Waals surface area contributed by atoms with E-state index in [2.05, 4.69) is 0 Å². The van der Waals surface area contributed by atoms with E-state index in [1.807, 2.05) is 42.5 Å². The molecule has 0 aromatic heterocycles. The zero-order valence-corrected chi connectivity index (χ0v) is 11.2. The number of allylic oxidation sites excluding steroid dienone is 1. The molecule has 0 atom stereocenters. The Balaban J connectivity index is 2.33. The van der Waals surface area contributed by atoms with Gasteiger partial charge in [-0.05, 0) is 11.6 Å². The smallest absolute Gasteiger partial charge is 0.251 e. The second kappa shape index (κ2) is 6.52. The molecule has 2 aromatic rings. The molecule has 0 amide bonds. The van der Waals surface area contributed by atoms with Gasteiger partial charge in [-0.15, -0.1) is 0 Å². The van der Waals surface area contributed by atoms with E-state index in [1.165, 1.54) is 0 Å². The fourth-order valence-corrected chi connectivity index (χ4v) is 1.94. The van der Waals surface area contributed by atoms with E-state index in [0.29, 0.717) is 11.3 Å². The molecule has 0 aliphatic heterocycles. The SMILES string of the molecule is COc1ccccc1/C=C(\Cc1ccccc1)[N+](=O)[O-]. The zero-order valence-electron chi connectivity index (χ0n) is 11.2. The van der Waals surface area contributed by atoms with Gasteiger partial charge in [-0.1, -0.05) is 48.5 Å². The van der Waals surface area contributed by atoms with Crippen LogP contribution in [0.4, 0.5) is 0 Å². The molecule has 20 heavy (non-hydrogen) atoms. The van der Waals surface area contributed by atoms with Gasteiger partial charge in [0.2, 0.25) is 0 Å². The summed E-state index contributed by atoms with van der Waals surface area (Å²) in [6.07, 6.45) is 1.84. The van der Waals surface area contributed by atoms with Crippen LogP contribution in [0.15, 0.2) is 60.3 Å². The Morgan fingerprint density at radius 2 is 1.80 bits per heavy atom. The van der Waals surface area contributed by atoms with Crippen LogP contribution in [-0.4, -0.2) is 12.0 Å². The molecule has 0 radical (unpaired) electrons. The van der Waals surface area contributed by atoms with E-state index in [9.17, 15) is 10.1 Å². The van der Waals surface area contributed by atoms with Crippen molar-refractivity contribution in [1.29, 1.82) is 0 Å². The third kappa shape index (κ3) is 3.45. The molecule has 2 rings (SSSR count). The highest BCUT2D eigenvalue weighted by molar-refractivity contribution is 5.58. The number of rotatable bonds is 5. The summed E-state index contributed by atoms with van der Waals surface area (Å²) < 4.78 is 5.21. The van der Waals surface area contributed by atoms with Crippen LogP contribution in [0.3, 0.4) is 0 Å². The monoisotopic (exact) mass is 269 g/mol. The Labute approximate surface area is 117 Å². The molecule has 0 saturated carbocycles. The predicted octanol–water partition coefficient (Wildman–Crippen LogP) is 3.56. The van der Waals surface area contributed by atoms with Crippen LogP contribution < -0.4 is 4.74 Å². The van der Waals surface area contributed by atoms with Crippen molar-refractivity contribution in [2.45, 2.75) is 6.42 Å². The Kier molecular flexibility index (Phi) is 4.50. The highest BCUT2D eigenvalue weighted by Crippen LogP contribution is 2.22. The summed E-state index contributed by atoms with van der Waals surface area (Å²) in [6.45, 7) is 0. The number of nitrogens with zero attached hydrogens (tertiary/aromatic N) is 1. The van der Waals surface area contributed by atoms with Crippen LogP contribution in [0.25, 0.3) is 6.08 Å². The molecular weight excluding hydrogens is 254 g/mol. The zero-order chi connectivity index (χ0) is 14.4. The van der Waals surface area contributed by atoms with Gasteiger partial charge in [0, 0.05) is 11.6 Å². The van der Waals surface area contributed by atoms with Crippen molar-refractivity contribution in [2.24, 2.45) is 0 Å². The normalized spacial score (nSPS) is 11.2. The molecule has 4 heteroatoms. The first-order valence-corrected chi connectivity index (χ1v) is 6.22. The highest BCUT2D eigenvalue weighted by Gasteiger charge is 2.13. The lowest BCUT2D eigenvalue weighted by Crippen LogP contribution is -2.02. The quantitative estimate of drug-likeness (QED) is 0.616. The lowest BCUT2D eigenvalue weighted by atomic mass is 10.1. The molecule has 0 heterocycles. The molecule has 4 nitrogen and oxygen atoms in total. The van der Waals surface area contributed by atoms with Crippen LogP contribution in [0.2, 0.25) is 0 Å². The first kappa shape index (κ1) is 13.8. The fraction of sp³-hybridized carbons (Fsp3) is 0.125. The molecule has 0 unspecified atom stereocenters. The molecule has 0 N–H and O–H groups in total. The fourth-order valence-electron chi connectivity index (χ4n) is 1.94. The van der Waals surface area contributed by atoms with Gasteiger partial charge in [-0.25, -0.2) is 0 Å². The number of para-hydroxylation sites is 1. The number of benzene rings is 2. The lowest BCUT2D eigenvalue weighted by molar-refractivity contribution is -0.425. The van der Waals surface area contributed by atoms with Crippen molar-refractivity contribution >= 4 is 6.08 Å². The van der Waals surface area contributed by atoms with Crippen LogP contribution >= 0.6 is 0 Å². The standard InChI is InChI=1S/C16H15NO3/c1-20-16-10-6-5-9-14(16)12-15(17(18)19)11-13-7-3-2-4-8-13/h2-10,12H,11H2,1H3/b15-12+. The minimum atomic E-state index is -0.348. The first-order valence-electron chi connectivity index (χ1n) is 6.22. The maximum Gasteiger partial charge on any atom is 0.251 e. The third-order valence-corrected chi connectivity index (χ3v) is 2.92. The van der Waals surface area contributed by atoms with E-state index < -0.39 is 0 Å². The minimum absolute atomic E-state index is 0.140. The molecule has 0 bridgehead atoms. The van der Waals surface area contributed by atoms with Gasteiger partial charge in [-0.2, -0.15) is 0 Å². The van der Waals surface area contributed by atoms with E-state index in [4.69, 9.17) is 4.74 Å². The predicted molar refractivity (Wildman–Crippen MR) is 78.1 cm³/mol. The van der Waals surface area contributed by atoms with Crippen molar-refractivity contribution in [1.82, 2.24) is 0 Å². The molecular formula is C16H15NO3. The summed E-state index contributed by atoms with van der Waals surface area (Å²) in [6, 6.07) is 16.6. The molecule has 102 valence electrons. The number of nitro groups is 1. The van der Waals surface area contributed by atoms with Gasteiger partial charge < -0.3 is 4.74 Å². The van der Waals surface area contributed by atoms with Gasteiger partial charge in [0.05, 0.1) is 18.5 Å². The summed E-state index contributed by atoms with van der Waals surface area (Å²) in [4.78, 5) is 10.9. The summed E-state index contributed by atoms with van der Waals surface area (Å²) >= 11 is 0. The Hall–Kier alpha value is -2.62. The van der Waals surface area contributed by atoms with Crippen molar-refractivity contribution in [3.05, 3.63) is 81.5 Å². The molecule has 0 spiro atoms. The Morgan fingerprint density at radius 1 is 1.15 bits per heavy atom. The molecule has 0 aliphatic carbocycles. The Bertz CT molecular complexity index is 621. The van der Waals surface area contributed by atoms with Gasteiger partial charge in [0.15, 0.2) is 0 Å². The number of methoxy groups -OCH3 is 1. The van der Waals surface area contributed by atoms with E-state index in [1.54, 1.807) is 25.3 Å². The second-order valence-electron chi connectivity index (χ2n) is 4.30. The largest absolute Gasteiger partial charge is 0.496 e. The van der Waals surface area contributed by atoms with Crippen LogP contribution in [0, 0.1) is 10.1 Å². The summed E-state index contributed by atoms with van der Waals surface area (Å²) in [5.74, 6) is 0.625. The molecule has 0 saturated heterocycles. The van der Waals surface area contributed by atoms with Crippen LogP contribution in [0.1, 0.15) is 11.1 Å².